The molecule has 1 aliphatic rings. The van der Waals surface area contributed by atoms with Gasteiger partial charge in [-0.1, -0.05) is 13.3 Å². The van der Waals surface area contributed by atoms with Gasteiger partial charge in [0.25, 0.3) is 0 Å². The fraction of sp³-hybridized carbons (Fsp3) is 0.833. The van der Waals surface area contributed by atoms with Crippen molar-refractivity contribution in [1.29, 1.82) is 0 Å². The Morgan fingerprint density at radius 2 is 2.00 bits per heavy atom. The van der Waals surface area contributed by atoms with E-state index in [4.69, 9.17) is 5.11 Å². The number of carbonyl (C=O) groups excluding carboxylic acids is 1. The third kappa shape index (κ3) is 6.56. The Balaban J connectivity index is 2.35. The molecule has 110 valence electrons. The van der Waals surface area contributed by atoms with E-state index < -0.39 is 16.8 Å². The second-order valence-corrected chi connectivity index (χ2v) is 6.52. The lowest BCUT2D eigenvalue weighted by molar-refractivity contribution is -0.137. The van der Waals surface area contributed by atoms with Gasteiger partial charge in [-0.3, -0.25) is 9.00 Å². The van der Waals surface area contributed by atoms with Gasteiger partial charge in [-0.05, 0) is 19.3 Å². The van der Waals surface area contributed by atoms with E-state index in [0.717, 1.165) is 19.3 Å². The summed E-state index contributed by atoms with van der Waals surface area (Å²) in [4.78, 5) is 22.5. The first kappa shape index (κ1) is 15.9. The lowest BCUT2D eigenvalue weighted by atomic mass is 10.1. The van der Waals surface area contributed by atoms with Crippen molar-refractivity contribution in [2.45, 2.75) is 51.1 Å². The molecule has 1 saturated heterocycles. The summed E-state index contributed by atoms with van der Waals surface area (Å²) >= 11 is 0. The summed E-state index contributed by atoms with van der Waals surface area (Å²) in [5, 5.41) is 14.3. The van der Waals surface area contributed by atoms with Crippen molar-refractivity contribution in [1.82, 2.24) is 10.6 Å². The number of rotatable bonds is 6. The highest BCUT2D eigenvalue weighted by molar-refractivity contribution is 7.85. The van der Waals surface area contributed by atoms with Crippen LogP contribution in [0, 0.1) is 0 Å². The average molecular weight is 290 g/mol. The van der Waals surface area contributed by atoms with Crippen LogP contribution in [0.15, 0.2) is 0 Å². The van der Waals surface area contributed by atoms with Gasteiger partial charge in [-0.25, -0.2) is 4.79 Å². The Hall–Kier alpha value is -1.11. The molecule has 1 aliphatic heterocycles. The van der Waals surface area contributed by atoms with Crippen LogP contribution in [-0.4, -0.2) is 44.9 Å². The summed E-state index contributed by atoms with van der Waals surface area (Å²) in [6.07, 6.45) is 2.85. The standard InChI is InChI=1S/C12H22N2O4S/c1-2-3-10(8-11(15)16)14-12(17)13-9-4-6-19(18)7-5-9/h9-10H,2-8H2,1H3,(H,15,16)(H2,13,14,17). The van der Waals surface area contributed by atoms with Crippen molar-refractivity contribution >= 4 is 22.8 Å². The summed E-state index contributed by atoms with van der Waals surface area (Å²) in [5.74, 6) is 0.337. The molecule has 0 aromatic heterocycles. The van der Waals surface area contributed by atoms with Crippen LogP contribution < -0.4 is 10.6 Å². The van der Waals surface area contributed by atoms with Crippen molar-refractivity contribution in [2.75, 3.05) is 11.5 Å². The molecule has 0 radical (unpaired) electrons. The SMILES string of the molecule is CCCC(CC(=O)O)NC(=O)NC1CCS(=O)CC1. The lowest BCUT2D eigenvalue weighted by Crippen LogP contribution is -2.48. The van der Waals surface area contributed by atoms with Gasteiger partial charge in [0.2, 0.25) is 0 Å². The van der Waals surface area contributed by atoms with Gasteiger partial charge in [0, 0.05) is 34.4 Å². The Bertz CT molecular complexity index is 339. The molecule has 1 heterocycles. The predicted molar refractivity (Wildman–Crippen MR) is 73.5 cm³/mol. The summed E-state index contributed by atoms with van der Waals surface area (Å²) in [7, 11) is -0.747. The van der Waals surface area contributed by atoms with Gasteiger partial charge < -0.3 is 15.7 Å². The minimum absolute atomic E-state index is 0.0461. The number of hydrogen-bond acceptors (Lipinski definition) is 3. The van der Waals surface area contributed by atoms with Crippen LogP contribution in [0.1, 0.15) is 39.0 Å². The molecule has 1 rings (SSSR count). The van der Waals surface area contributed by atoms with Gasteiger partial charge >= 0.3 is 12.0 Å². The smallest absolute Gasteiger partial charge is 0.315 e. The normalized spacial score (nSPS) is 24.5. The first-order valence-corrected chi connectivity index (χ1v) is 8.13. The molecule has 0 saturated carbocycles. The maximum absolute atomic E-state index is 11.8. The third-order valence-electron chi connectivity index (χ3n) is 3.12. The summed E-state index contributed by atoms with van der Waals surface area (Å²) in [6.45, 7) is 1.95. The number of nitrogens with one attached hydrogen (secondary N) is 2. The number of carboxylic acid groups (broad SMARTS) is 1. The Morgan fingerprint density at radius 1 is 1.37 bits per heavy atom. The van der Waals surface area contributed by atoms with Crippen LogP contribution in [0.3, 0.4) is 0 Å². The number of amides is 2. The fourth-order valence-electron chi connectivity index (χ4n) is 2.14. The molecule has 0 aromatic carbocycles. The maximum Gasteiger partial charge on any atom is 0.315 e. The molecule has 1 atom stereocenters. The minimum atomic E-state index is -0.910. The van der Waals surface area contributed by atoms with E-state index in [1.54, 1.807) is 0 Å². The molecule has 7 heteroatoms. The zero-order valence-electron chi connectivity index (χ0n) is 11.2. The highest BCUT2D eigenvalue weighted by Crippen LogP contribution is 2.09. The van der Waals surface area contributed by atoms with Crippen LogP contribution >= 0.6 is 0 Å². The first-order valence-electron chi connectivity index (χ1n) is 6.65. The summed E-state index contributed by atoms with van der Waals surface area (Å²) in [5.41, 5.74) is 0. The van der Waals surface area contributed by atoms with E-state index in [1.165, 1.54) is 0 Å². The number of carbonyl (C=O) groups is 2. The Morgan fingerprint density at radius 3 is 2.53 bits per heavy atom. The summed E-state index contributed by atoms with van der Waals surface area (Å²) < 4.78 is 11.2. The monoisotopic (exact) mass is 290 g/mol. The second-order valence-electron chi connectivity index (χ2n) is 4.82. The van der Waals surface area contributed by atoms with E-state index in [0.29, 0.717) is 17.9 Å². The topological polar surface area (TPSA) is 95.5 Å². The number of hydrogen-bond donors (Lipinski definition) is 3. The van der Waals surface area contributed by atoms with Gasteiger partial charge in [0.05, 0.1) is 6.42 Å². The molecule has 0 bridgehead atoms. The van der Waals surface area contributed by atoms with E-state index in [2.05, 4.69) is 10.6 Å². The molecule has 2 amide bonds. The van der Waals surface area contributed by atoms with Crippen LogP contribution in [0.4, 0.5) is 4.79 Å². The quantitative estimate of drug-likeness (QED) is 0.675. The van der Waals surface area contributed by atoms with Crippen LogP contribution in [0.5, 0.6) is 0 Å². The largest absolute Gasteiger partial charge is 0.481 e. The van der Waals surface area contributed by atoms with E-state index >= 15 is 0 Å². The molecule has 19 heavy (non-hydrogen) atoms. The molecule has 1 fully saturated rings. The number of carboxylic acids is 1. The van der Waals surface area contributed by atoms with Crippen LogP contribution in [0.25, 0.3) is 0 Å². The van der Waals surface area contributed by atoms with E-state index in [-0.39, 0.29) is 24.5 Å². The van der Waals surface area contributed by atoms with Gasteiger partial charge in [-0.15, -0.1) is 0 Å². The average Bonchev–Trinajstić information content (AvgIpc) is 2.31. The molecule has 3 N–H and O–H groups in total. The fourth-order valence-corrected chi connectivity index (χ4v) is 3.43. The zero-order valence-corrected chi connectivity index (χ0v) is 12.0. The van der Waals surface area contributed by atoms with E-state index in [1.807, 2.05) is 6.92 Å². The summed E-state index contributed by atoms with van der Waals surface area (Å²) in [6, 6.07) is -0.609. The lowest BCUT2D eigenvalue weighted by Gasteiger charge is -2.24. The molecular weight excluding hydrogens is 268 g/mol. The van der Waals surface area contributed by atoms with Crippen molar-refractivity contribution in [3.63, 3.8) is 0 Å². The van der Waals surface area contributed by atoms with Crippen LogP contribution in [-0.2, 0) is 15.6 Å². The van der Waals surface area contributed by atoms with E-state index in [9.17, 15) is 13.8 Å². The predicted octanol–water partition coefficient (Wildman–Crippen LogP) is 0.840. The van der Waals surface area contributed by atoms with Crippen molar-refractivity contribution in [3.05, 3.63) is 0 Å². The molecule has 0 spiro atoms. The highest BCUT2D eigenvalue weighted by atomic mass is 32.2. The van der Waals surface area contributed by atoms with Gasteiger partial charge in [-0.2, -0.15) is 0 Å². The maximum atomic E-state index is 11.8. The number of urea groups is 1. The molecule has 0 aliphatic carbocycles. The van der Waals surface area contributed by atoms with Crippen LogP contribution in [0.2, 0.25) is 0 Å². The highest BCUT2D eigenvalue weighted by Gasteiger charge is 2.21. The van der Waals surface area contributed by atoms with Gasteiger partial charge in [0.15, 0.2) is 0 Å². The molecule has 0 aromatic rings. The minimum Gasteiger partial charge on any atom is -0.481 e. The number of aliphatic carboxylic acids is 1. The molecule has 6 nitrogen and oxygen atoms in total. The van der Waals surface area contributed by atoms with Gasteiger partial charge in [0.1, 0.15) is 0 Å². The molecule has 1 unspecified atom stereocenters. The first-order chi connectivity index (χ1) is 9.01. The second kappa shape index (κ2) is 8.14. The van der Waals surface area contributed by atoms with Crippen molar-refractivity contribution in [2.24, 2.45) is 0 Å². The van der Waals surface area contributed by atoms with Crippen molar-refractivity contribution < 1.29 is 18.9 Å². The zero-order chi connectivity index (χ0) is 14.3. The Kier molecular flexibility index (Phi) is 6.83. The van der Waals surface area contributed by atoms with Crippen molar-refractivity contribution in [3.8, 4) is 0 Å². The Labute approximate surface area is 115 Å². The molecular formula is C12H22N2O4S. The third-order valence-corrected chi connectivity index (χ3v) is 4.50.